The lowest BCUT2D eigenvalue weighted by Gasteiger charge is -2.33. The molecule has 26 heavy (non-hydrogen) atoms. The normalized spacial score (nSPS) is 16.9. The molecule has 1 aromatic carbocycles. The zero-order valence-corrected chi connectivity index (χ0v) is 16.6. The highest BCUT2D eigenvalue weighted by molar-refractivity contribution is 5.73. The van der Waals surface area contributed by atoms with E-state index < -0.39 is 0 Å². The number of carbonyl (C=O) groups excluding carboxylic acids is 1. The molecule has 1 heterocycles. The van der Waals surface area contributed by atoms with E-state index in [4.69, 9.17) is 4.74 Å². The minimum atomic E-state index is -0.0948. The Morgan fingerprint density at radius 1 is 1.12 bits per heavy atom. The van der Waals surface area contributed by atoms with Crippen molar-refractivity contribution in [1.29, 1.82) is 0 Å². The first-order chi connectivity index (χ1) is 12.6. The number of carbonyl (C=O) groups is 1. The number of likely N-dealkylation sites (tertiary alicyclic amines) is 1. The second kappa shape index (κ2) is 11.2. The van der Waals surface area contributed by atoms with E-state index in [1.54, 1.807) is 7.11 Å². The highest BCUT2D eigenvalue weighted by Crippen LogP contribution is 2.17. The van der Waals surface area contributed by atoms with Gasteiger partial charge in [-0.2, -0.15) is 0 Å². The molecular weight excluding hydrogens is 326 g/mol. The van der Waals surface area contributed by atoms with Crippen LogP contribution in [0.1, 0.15) is 50.7 Å². The van der Waals surface area contributed by atoms with Crippen LogP contribution in [0.4, 0.5) is 4.79 Å². The van der Waals surface area contributed by atoms with Crippen molar-refractivity contribution in [2.45, 2.75) is 58.7 Å². The number of hydrogen-bond acceptors (Lipinski definition) is 3. The summed E-state index contributed by atoms with van der Waals surface area (Å²) in [4.78, 5) is 14.8. The molecule has 2 rings (SSSR count). The number of rotatable bonds is 8. The minimum absolute atomic E-state index is 0.0948. The average Bonchev–Trinajstić information content (AvgIpc) is 2.90. The molecule has 2 N–H and O–H groups in total. The van der Waals surface area contributed by atoms with Crippen molar-refractivity contribution in [3.63, 3.8) is 0 Å². The van der Waals surface area contributed by atoms with E-state index >= 15 is 0 Å². The Morgan fingerprint density at radius 2 is 1.81 bits per heavy atom. The second-order valence-corrected chi connectivity index (χ2v) is 7.58. The van der Waals surface area contributed by atoms with Gasteiger partial charge in [-0.3, -0.25) is 4.90 Å². The highest BCUT2D eigenvalue weighted by Gasteiger charge is 2.23. The predicted octanol–water partition coefficient (Wildman–Crippen LogP) is 3.53. The van der Waals surface area contributed by atoms with Gasteiger partial charge < -0.3 is 15.4 Å². The summed E-state index contributed by atoms with van der Waals surface area (Å²) in [6.07, 6.45) is 5.20. The van der Waals surface area contributed by atoms with E-state index in [0.29, 0.717) is 31.7 Å². The molecule has 1 saturated heterocycles. The van der Waals surface area contributed by atoms with E-state index in [0.717, 1.165) is 24.2 Å². The quantitative estimate of drug-likeness (QED) is 0.745. The summed E-state index contributed by atoms with van der Waals surface area (Å²) in [7, 11) is 1.69. The lowest BCUT2D eigenvalue weighted by molar-refractivity contribution is 0.157. The van der Waals surface area contributed by atoms with E-state index in [1.165, 1.54) is 25.7 Å². The van der Waals surface area contributed by atoms with Crippen LogP contribution in [0.15, 0.2) is 24.3 Å². The highest BCUT2D eigenvalue weighted by atomic mass is 16.5. The van der Waals surface area contributed by atoms with Crippen LogP contribution < -0.4 is 10.6 Å². The number of nitrogens with zero attached hydrogens (tertiary/aromatic N) is 1. The summed E-state index contributed by atoms with van der Waals surface area (Å²) >= 11 is 0. The smallest absolute Gasteiger partial charge is 0.315 e. The monoisotopic (exact) mass is 361 g/mol. The van der Waals surface area contributed by atoms with Crippen molar-refractivity contribution in [3.8, 4) is 0 Å². The van der Waals surface area contributed by atoms with Gasteiger partial charge in [0.2, 0.25) is 0 Å². The topological polar surface area (TPSA) is 53.6 Å². The molecule has 0 saturated carbocycles. The average molecular weight is 362 g/mol. The van der Waals surface area contributed by atoms with Gasteiger partial charge >= 0.3 is 6.03 Å². The van der Waals surface area contributed by atoms with E-state index in [-0.39, 0.29) is 6.03 Å². The first-order valence-corrected chi connectivity index (χ1v) is 9.92. The van der Waals surface area contributed by atoms with Gasteiger partial charge in [0.15, 0.2) is 0 Å². The van der Waals surface area contributed by atoms with E-state index in [9.17, 15) is 4.79 Å². The van der Waals surface area contributed by atoms with Crippen LogP contribution >= 0.6 is 0 Å². The van der Waals surface area contributed by atoms with Crippen LogP contribution in [0, 0.1) is 5.92 Å². The van der Waals surface area contributed by atoms with Gasteiger partial charge in [0.1, 0.15) is 0 Å². The molecule has 0 spiro atoms. The SMILES string of the molecule is COCc1cccc(CNC(=O)NCC(C(C)C)N2CCCCCC2)c1. The molecule has 0 radical (unpaired) electrons. The molecule has 2 amide bonds. The number of amides is 2. The maximum Gasteiger partial charge on any atom is 0.315 e. The first-order valence-electron chi connectivity index (χ1n) is 9.92. The first kappa shape index (κ1) is 20.7. The number of ether oxygens (including phenoxy) is 1. The summed E-state index contributed by atoms with van der Waals surface area (Å²) in [5, 5.41) is 6.04. The Balaban J connectivity index is 1.79. The molecule has 0 bridgehead atoms. The fraction of sp³-hybridized carbons (Fsp3) is 0.667. The lowest BCUT2D eigenvalue weighted by atomic mass is 10.0. The molecule has 1 atom stereocenters. The molecule has 5 heteroatoms. The summed E-state index contributed by atoms with van der Waals surface area (Å²) in [5.41, 5.74) is 2.20. The van der Waals surface area contributed by atoms with Crippen LogP contribution in [0.3, 0.4) is 0 Å². The van der Waals surface area contributed by atoms with E-state index in [2.05, 4.69) is 35.4 Å². The molecule has 1 aliphatic heterocycles. The van der Waals surface area contributed by atoms with Crippen LogP contribution in [0.2, 0.25) is 0 Å². The number of urea groups is 1. The summed E-state index contributed by atoms with van der Waals surface area (Å²) in [6.45, 7) is 8.61. The fourth-order valence-corrected chi connectivity index (χ4v) is 3.65. The molecule has 1 aromatic rings. The standard InChI is InChI=1S/C21H35N3O2/c1-17(2)20(24-11-6-4-5-7-12-24)15-23-21(25)22-14-18-9-8-10-19(13-18)16-26-3/h8-10,13,17,20H,4-7,11-12,14-16H2,1-3H3,(H2,22,23,25). The molecule has 1 aliphatic rings. The Hall–Kier alpha value is -1.59. The third-order valence-corrected chi connectivity index (χ3v) is 5.11. The minimum Gasteiger partial charge on any atom is -0.380 e. The Labute approximate surface area is 158 Å². The van der Waals surface area contributed by atoms with Crippen molar-refractivity contribution in [1.82, 2.24) is 15.5 Å². The maximum atomic E-state index is 12.2. The van der Waals surface area contributed by atoms with Gasteiger partial charge in [0.05, 0.1) is 6.61 Å². The Morgan fingerprint density at radius 3 is 2.46 bits per heavy atom. The predicted molar refractivity (Wildman–Crippen MR) is 106 cm³/mol. The lowest BCUT2D eigenvalue weighted by Crippen LogP contribution is -2.49. The number of benzene rings is 1. The van der Waals surface area contributed by atoms with Crippen molar-refractivity contribution in [2.75, 3.05) is 26.7 Å². The van der Waals surface area contributed by atoms with Gasteiger partial charge in [-0.15, -0.1) is 0 Å². The van der Waals surface area contributed by atoms with Crippen LogP contribution in [-0.2, 0) is 17.9 Å². The van der Waals surface area contributed by atoms with Crippen molar-refractivity contribution in [3.05, 3.63) is 35.4 Å². The van der Waals surface area contributed by atoms with Crippen molar-refractivity contribution < 1.29 is 9.53 Å². The van der Waals surface area contributed by atoms with Gasteiger partial charge in [0, 0.05) is 26.2 Å². The molecule has 146 valence electrons. The Bertz CT molecular complexity index is 540. The zero-order valence-electron chi connectivity index (χ0n) is 16.6. The third kappa shape index (κ3) is 6.96. The van der Waals surface area contributed by atoms with Gasteiger partial charge in [-0.05, 0) is 43.0 Å². The van der Waals surface area contributed by atoms with Gasteiger partial charge in [-0.25, -0.2) is 4.79 Å². The van der Waals surface area contributed by atoms with Crippen LogP contribution in [0.25, 0.3) is 0 Å². The van der Waals surface area contributed by atoms with Crippen molar-refractivity contribution >= 4 is 6.03 Å². The fourth-order valence-electron chi connectivity index (χ4n) is 3.65. The van der Waals surface area contributed by atoms with Gasteiger partial charge in [-0.1, -0.05) is 51.0 Å². The largest absolute Gasteiger partial charge is 0.380 e. The molecule has 5 nitrogen and oxygen atoms in total. The van der Waals surface area contributed by atoms with E-state index in [1.807, 2.05) is 18.2 Å². The molecule has 1 fully saturated rings. The zero-order chi connectivity index (χ0) is 18.8. The molecule has 1 unspecified atom stereocenters. The van der Waals surface area contributed by atoms with Crippen LogP contribution in [-0.4, -0.2) is 43.7 Å². The number of methoxy groups -OCH3 is 1. The van der Waals surface area contributed by atoms with Gasteiger partial charge in [0.25, 0.3) is 0 Å². The number of nitrogens with one attached hydrogen (secondary N) is 2. The molecule has 0 aliphatic carbocycles. The number of hydrogen-bond donors (Lipinski definition) is 2. The van der Waals surface area contributed by atoms with Crippen LogP contribution in [0.5, 0.6) is 0 Å². The second-order valence-electron chi connectivity index (χ2n) is 7.58. The maximum absolute atomic E-state index is 12.2. The third-order valence-electron chi connectivity index (χ3n) is 5.11. The molecular formula is C21H35N3O2. The summed E-state index contributed by atoms with van der Waals surface area (Å²) in [6, 6.07) is 8.43. The summed E-state index contributed by atoms with van der Waals surface area (Å²) in [5.74, 6) is 0.527. The Kier molecular flexibility index (Phi) is 8.92. The summed E-state index contributed by atoms with van der Waals surface area (Å²) < 4.78 is 5.16. The molecule has 0 aromatic heterocycles. The van der Waals surface area contributed by atoms with Crippen molar-refractivity contribution in [2.24, 2.45) is 5.92 Å².